The van der Waals surface area contributed by atoms with E-state index in [1.54, 1.807) is 6.92 Å². The molecule has 1 atom stereocenters. The van der Waals surface area contributed by atoms with Crippen LogP contribution in [0, 0.1) is 0 Å². The van der Waals surface area contributed by atoms with Gasteiger partial charge in [-0.15, -0.1) is 11.8 Å². The summed E-state index contributed by atoms with van der Waals surface area (Å²) in [7, 11) is 0. The van der Waals surface area contributed by atoms with Crippen LogP contribution in [-0.4, -0.2) is 16.8 Å². The number of benzene rings is 1. The van der Waals surface area contributed by atoms with E-state index in [0.717, 1.165) is 11.1 Å². The van der Waals surface area contributed by atoms with E-state index in [1.165, 1.54) is 23.5 Å². The first kappa shape index (κ1) is 12.2. The van der Waals surface area contributed by atoms with Crippen molar-refractivity contribution in [3.63, 3.8) is 0 Å². The molecule has 3 heteroatoms. The zero-order valence-electron chi connectivity index (χ0n) is 9.85. The Kier molecular flexibility index (Phi) is 3.89. The van der Waals surface area contributed by atoms with E-state index < -0.39 is 11.9 Å². The molecule has 1 saturated heterocycles. The fraction of sp³-hybridized carbons (Fsp3) is 0.357. The van der Waals surface area contributed by atoms with Gasteiger partial charge < -0.3 is 5.11 Å². The minimum atomic E-state index is -0.776. The number of rotatable bonds is 3. The van der Waals surface area contributed by atoms with Crippen molar-refractivity contribution in [2.24, 2.45) is 0 Å². The highest BCUT2D eigenvalue weighted by Crippen LogP contribution is 2.32. The van der Waals surface area contributed by atoms with Gasteiger partial charge in [-0.05, 0) is 47.6 Å². The smallest absolute Gasteiger partial charge is 0.310 e. The lowest BCUT2D eigenvalue weighted by Gasteiger charge is -2.06. The van der Waals surface area contributed by atoms with Crippen LogP contribution in [0.4, 0.5) is 0 Å². The Hall–Kier alpha value is -1.22. The number of carbonyl (C=O) groups is 1. The second kappa shape index (κ2) is 5.41. The van der Waals surface area contributed by atoms with Crippen molar-refractivity contribution in [1.82, 2.24) is 0 Å². The molecule has 2 rings (SSSR count). The van der Waals surface area contributed by atoms with Crippen molar-refractivity contribution in [1.29, 1.82) is 0 Å². The molecule has 1 fully saturated rings. The van der Waals surface area contributed by atoms with Crippen molar-refractivity contribution in [3.05, 3.63) is 40.3 Å². The normalized spacial score (nSPS) is 19.5. The molecule has 1 aromatic carbocycles. The number of aliphatic carboxylic acids is 1. The van der Waals surface area contributed by atoms with Crippen molar-refractivity contribution < 1.29 is 9.90 Å². The van der Waals surface area contributed by atoms with E-state index in [-0.39, 0.29) is 0 Å². The molecule has 17 heavy (non-hydrogen) atoms. The predicted octanol–water partition coefficient (Wildman–Crippen LogP) is 3.74. The van der Waals surface area contributed by atoms with Crippen LogP contribution in [0.15, 0.2) is 29.2 Å². The zero-order chi connectivity index (χ0) is 12.3. The van der Waals surface area contributed by atoms with Gasteiger partial charge in [-0.3, -0.25) is 4.79 Å². The molecule has 2 nitrogen and oxygen atoms in total. The van der Waals surface area contributed by atoms with Crippen LogP contribution in [0.2, 0.25) is 0 Å². The summed E-state index contributed by atoms with van der Waals surface area (Å²) in [5.74, 6) is 0.0139. The SMILES string of the molecule is CC(C(=O)O)c1ccc(/C=C2/CCCS2)cc1. The fourth-order valence-corrected chi connectivity index (χ4v) is 2.90. The first-order chi connectivity index (χ1) is 8.16. The highest BCUT2D eigenvalue weighted by atomic mass is 32.2. The lowest BCUT2D eigenvalue weighted by atomic mass is 10.00. The van der Waals surface area contributed by atoms with Gasteiger partial charge in [0.2, 0.25) is 0 Å². The molecule has 1 aliphatic rings. The third kappa shape index (κ3) is 3.13. The molecule has 0 aliphatic carbocycles. The molecule has 0 amide bonds. The van der Waals surface area contributed by atoms with E-state index in [4.69, 9.17) is 5.11 Å². The maximum absolute atomic E-state index is 10.8. The van der Waals surface area contributed by atoms with Crippen molar-refractivity contribution in [3.8, 4) is 0 Å². The highest BCUT2D eigenvalue weighted by molar-refractivity contribution is 8.03. The maximum atomic E-state index is 10.8. The zero-order valence-corrected chi connectivity index (χ0v) is 10.7. The van der Waals surface area contributed by atoms with Crippen molar-refractivity contribution in [2.75, 3.05) is 5.75 Å². The summed E-state index contributed by atoms with van der Waals surface area (Å²) < 4.78 is 0. The highest BCUT2D eigenvalue weighted by Gasteiger charge is 2.13. The molecule has 0 bridgehead atoms. The van der Waals surface area contributed by atoms with Crippen molar-refractivity contribution >= 4 is 23.8 Å². The number of carboxylic acids is 1. The van der Waals surface area contributed by atoms with Crippen LogP contribution < -0.4 is 0 Å². The Balaban J connectivity index is 2.12. The molecule has 1 unspecified atom stereocenters. The van der Waals surface area contributed by atoms with Gasteiger partial charge in [-0.1, -0.05) is 24.3 Å². The molecule has 90 valence electrons. The summed E-state index contributed by atoms with van der Waals surface area (Å²) in [5, 5.41) is 8.92. The topological polar surface area (TPSA) is 37.3 Å². The van der Waals surface area contributed by atoms with Crippen LogP contribution in [0.5, 0.6) is 0 Å². The van der Waals surface area contributed by atoms with Gasteiger partial charge in [-0.25, -0.2) is 0 Å². The molecule has 0 aromatic heterocycles. The molecule has 1 aliphatic heterocycles. The minimum absolute atomic E-state index is 0.433. The number of hydrogen-bond donors (Lipinski definition) is 1. The molecule has 0 spiro atoms. The Morgan fingerprint density at radius 3 is 2.65 bits per heavy atom. The van der Waals surface area contributed by atoms with E-state index in [9.17, 15) is 4.79 Å². The predicted molar refractivity (Wildman–Crippen MR) is 72.2 cm³/mol. The quantitative estimate of drug-likeness (QED) is 0.885. The van der Waals surface area contributed by atoms with Gasteiger partial charge in [0, 0.05) is 0 Å². The van der Waals surface area contributed by atoms with Crippen molar-refractivity contribution in [2.45, 2.75) is 25.7 Å². The minimum Gasteiger partial charge on any atom is -0.481 e. The average Bonchev–Trinajstić information content (AvgIpc) is 2.82. The first-order valence-corrected chi connectivity index (χ1v) is 6.81. The third-order valence-corrected chi connectivity index (χ3v) is 4.18. The maximum Gasteiger partial charge on any atom is 0.310 e. The summed E-state index contributed by atoms with van der Waals surface area (Å²) in [6, 6.07) is 7.82. The van der Waals surface area contributed by atoms with Crippen LogP contribution in [0.3, 0.4) is 0 Å². The molecule has 1 heterocycles. The molecular weight excluding hydrogens is 232 g/mol. The molecule has 0 radical (unpaired) electrons. The van der Waals surface area contributed by atoms with E-state index in [2.05, 4.69) is 6.08 Å². The van der Waals surface area contributed by atoms with Crippen LogP contribution in [0.25, 0.3) is 6.08 Å². The fourth-order valence-electron chi connectivity index (χ4n) is 1.85. The van der Waals surface area contributed by atoms with Gasteiger partial charge >= 0.3 is 5.97 Å². The van der Waals surface area contributed by atoms with E-state index in [1.807, 2.05) is 36.0 Å². The lowest BCUT2D eigenvalue weighted by molar-refractivity contribution is -0.138. The van der Waals surface area contributed by atoms with E-state index in [0.29, 0.717) is 0 Å². The number of allylic oxidation sites excluding steroid dienone is 1. The summed E-state index contributed by atoms with van der Waals surface area (Å²) >= 11 is 1.92. The van der Waals surface area contributed by atoms with Gasteiger partial charge in [0.05, 0.1) is 5.92 Å². The van der Waals surface area contributed by atoms with Gasteiger partial charge in [0.1, 0.15) is 0 Å². The summed E-state index contributed by atoms with van der Waals surface area (Å²) in [4.78, 5) is 12.3. The van der Waals surface area contributed by atoms with Crippen LogP contribution in [0.1, 0.15) is 36.8 Å². The first-order valence-electron chi connectivity index (χ1n) is 5.83. The third-order valence-electron chi connectivity index (χ3n) is 2.99. The number of thioether (sulfide) groups is 1. The summed E-state index contributed by atoms with van der Waals surface area (Å²) in [6.07, 6.45) is 4.65. The monoisotopic (exact) mass is 248 g/mol. The summed E-state index contributed by atoms with van der Waals surface area (Å²) in [6.45, 7) is 1.71. The number of carboxylic acid groups (broad SMARTS) is 1. The Morgan fingerprint density at radius 2 is 2.12 bits per heavy atom. The van der Waals surface area contributed by atoms with Gasteiger partial charge in [0.15, 0.2) is 0 Å². The standard InChI is InChI=1S/C14H16O2S/c1-10(14(15)16)12-6-4-11(5-7-12)9-13-3-2-8-17-13/h4-7,9-10H,2-3,8H2,1H3,(H,15,16)/b13-9-. The van der Waals surface area contributed by atoms with Crippen LogP contribution in [-0.2, 0) is 4.79 Å². The Labute approximate surface area is 106 Å². The molecule has 0 saturated carbocycles. The lowest BCUT2D eigenvalue weighted by Crippen LogP contribution is -2.06. The molecule has 1 N–H and O–H groups in total. The Morgan fingerprint density at radius 1 is 1.41 bits per heavy atom. The van der Waals surface area contributed by atoms with Gasteiger partial charge in [0.25, 0.3) is 0 Å². The molecule has 1 aromatic rings. The van der Waals surface area contributed by atoms with Gasteiger partial charge in [-0.2, -0.15) is 0 Å². The largest absolute Gasteiger partial charge is 0.481 e. The average molecular weight is 248 g/mol. The second-order valence-corrected chi connectivity index (χ2v) is 5.51. The number of hydrogen-bond acceptors (Lipinski definition) is 2. The van der Waals surface area contributed by atoms with E-state index >= 15 is 0 Å². The summed E-state index contributed by atoms with van der Waals surface area (Å²) in [5.41, 5.74) is 2.02. The second-order valence-electron chi connectivity index (χ2n) is 4.29. The Bertz CT molecular complexity index is 426. The molecular formula is C14H16O2S. The van der Waals surface area contributed by atoms with Crippen LogP contribution >= 0.6 is 11.8 Å².